The molecule has 222 valence electrons. The molecule has 4 aromatic rings. The Bertz CT molecular complexity index is 2010. The van der Waals surface area contributed by atoms with Gasteiger partial charge in [-0.05, 0) is 74.3 Å². The van der Waals surface area contributed by atoms with Gasteiger partial charge in [-0.3, -0.25) is 4.79 Å². The van der Waals surface area contributed by atoms with Crippen LogP contribution in [0.5, 0.6) is 0 Å². The van der Waals surface area contributed by atoms with E-state index in [4.69, 9.17) is 28.2 Å². The maximum absolute atomic E-state index is 17.0. The second-order valence-corrected chi connectivity index (χ2v) is 14.0. The van der Waals surface area contributed by atoms with Gasteiger partial charge in [0.1, 0.15) is 5.52 Å². The molecule has 3 aliphatic carbocycles. The minimum atomic E-state index is -0.455. The number of rotatable bonds is 6. The summed E-state index contributed by atoms with van der Waals surface area (Å²) in [7, 11) is 0. The number of nitriles is 1. The zero-order chi connectivity index (χ0) is 30.0. The summed E-state index contributed by atoms with van der Waals surface area (Å²) in [6, 6.07) is 12.3. The number of fused-ring (bicyclic) bond motifs is 5. The van der Waals surface area contributed by atoms with E-state index in [9.17, 15) is 10.1 Å². The van der Waals surface area contributed by atoms with E-state index in [2.05, 4.69) is 33.0 Å². The van der Waals surface area contributed by atoms with E-state index in [1.807, 2.05) is 13.0 Å². The third-order valence-electron chi connectivity index (χ3n) is 10.6. The van der Waals surface area contributed by atoms with Crippen molar-refractivity contribution in [3.05, 3.63) is 74.8 Å². The summed E-state index contributed by atoms with van der Waals surface area (Å²) < 4.78 is 19.4. The maximum Gasteiger partial charge on any atom is 0.227 e. The number of aryl methyl sites for hydroxylation is 2. The Morgan fingerprint density at radius 3 is 2.80 bits per heavy atom. The van der Waals surface area contributed by atoms with Crippen LogP contribution >= 0.6 is 23.2 Å². The zero-order valence-electron chi connectivity index (χ0n) is 24.2. The fourth-order valence-corrected chi connectivity index (χ4v) is 8.62. The Labute approximate surface area is 264 Å². The second-order valence-electron chi connectivity index (χ2n) is 13.2. The van der Waals surface area contributed by atoms with Crippen LogP contribution < -0.4 is 5.32 Å². The monoisotopic (exact) mass is 625 g/mol. The van der Waals surface area contributed by atoms with Crippen molar-refractivity contribution < 1.29 is 9.18 Å². The summed E-state index contributed by atoms with van der Waals surface area (Å²) in [5.41, 5.74) is 5.97. The topological polar surface area (TPSA) is 74.0 Å². The number of nitrogens with one attached hydrogen (secondary N) is 1. The molecule has 44 heavy (non-hydrogen) atoms. The lowest BCUT2D eigenvalue weighted by molar-refractivity contribution is -0.134. The number of halogens is 3. The van der Waals surface area contributed by atoms with Crippen LogP contribution in [0.3, 0.4) is 0 Å². The van der Waals surface area contributed by atoms with E-state index in [-0.39, 0.29) is 46.9 Å². The first-order chi connectivity index (χ1) is 21.4. The molecule has 3 saturated carbocycles. The lowest BCUT2D eigenvalue weighted by Crippen LogP contribution is -2.41. The molecule has 1 N–H and O–H groups in total. The van der Waals surface area contributed by atoms with Crippen LogP contribution in [0.1, 0.15) is 61.1 Å². The largest absolute Gasteiger partial charge is 0.337 e. The normalized spacial score (nSPS) is 26.6. The van der Waals surface area contributed by atoms with Crippen LogP contribution in [0.25, 0.3) is 32.9 Å². The molecule has 9 heteroatoms. The van der Waals surface area contributed by atoms with Gasteiger partial charge in [-0.15, -0.1) is 0 Å². The summed E-state index contributed by atoms with van der Waals surface area (Å²) in [5.74, 6) is 0.427. The molecule has 0 spiro atoms. The second kappa shape index (κ2) is 9.53. The minimum Gasteiger partial charge on any atom is -0.337 e. The van der Waals surface area contributed by atoms with Gasteiger partial charge >= 0.3 is 0 Å². The number of amides is 1. The molecule has 6 nitrogen and oxygen atoms in total. The molecule has 2 saturated heterocycles. The Balaban J connectivity index is 1.33. The molecule has 0 radical (unpaired) electrons. The highest BCUT2D eigenvalue weighted by molar-refractivity contribution is 6.43. The van der Waals surface area contributed by atoms with Crippen molar-refractivity contribution in [2.45, 2.75) is 69.6 Å². The number of benzene rings is 2. The fourth-order valence-electron chi connectivity index (χ4n) is 8.23. The first-order valence-corrected chi connectivity index (χ1v) is 16.3. The molecule has 5 heterocycles. The van der Waals surface area contributed by atoms with Crippen LogP contribution in [0, 0.1) is 35.9 Å². The van der Waals surface area contributed by atoms with Gasteiger partial charge in [0.2, 0.25) is 5.91 Å². The summed E-state index contributed by atoms with van der Waals surface area (Å²) >= 11 is 13.0. The Morgan fingerprint density at radius 1 is 1.23 bits per heavy atom. The molecule has 1 amide bonds. The van der Waals surface area contributed by atoms with Crippen molar-refractivity contribution in [2.75, 3.05) is 6.54 Å². The molecular weight excluding hydrogens is 596 g/mol. The first kappa shape index (κ1) is 26.9. The number of carbonyl (C=O) groups excluding carboxylic acids is 1. The molecule has 10 rings (SSSR count). The van der Waals surface area contributed by atoms with E-state index in [1.165, 1.54) is 5.57 Å². The first-order valence-electron chi connectivity index (χ1n) is 15.6. The van der Waals surface area contributed by atoms with Crippen LogP contribution in [-0.2, 0) is 11.2 Å². The van der Waals surface area contributed by atoms with Gasteiger partial charge in [0, 0.05) is 58.2 Å². The van der Waals surface area contributed by atoms with Gasteiger partial charge in [0.05, 0.1) is 39.8 Å². The quantitative estimate of drug-likeness (QED) is 0.224. The number of pyridine rings is 1. The fraction of sp³-hybridized carbons (Fsp3) is 0.400. The van der Waals surface area contributed by atoms with Crippen LogP contribution in [0.15, 0.2) is 42.0 Å². The summed E-state index contributed by atoms with van der Waals surface area (Å²) in [6.07, 6.45) is 6.92. The summed E-state index contributed by atoms with van der Waals surface area (Å²) in [4.78, 5) is 20.6. The van der Waals surface area contributed by atoms with Gasteiger partial charge < -0.3 is 14.8 Å². The lowest BCUT2D eigenvalue weighted by atomic mass is 9.79. The zero-order valence-corrected chi connectivity index (χ0v) is 25.7. The van der Waals surface area contributed by atoms with E-state index in [0.717, 1.165) is 59.9 Å². The van der Waals surface area contributed by atoms with Crippen molar-refractivity contribution in [3.8, 4) is 17.2 Å². The molecule has 2 bridgehead atoms. The number of nitrogens with zero attached hydrogens (tertiary/aromatic N) is 4. The van der Waals surface area contributed by atoms with Crippen LogP contribution in [0.4, 0.5) is 4.39 Å². The van der Waals surface area contributed by atoms with Crippen molar-refractivity contribution in [1.82, 2.24) is 19.8 Å². The summed E-state index contributed by atoms with van der Waals surface area (Å²) in [5, 5.41) is 15.5. The standard InChI is InChI=1S/C35H30Cl2FN5O/c1-16-22-14-28(27-13-19-12-26(19)42(27)35(44)17-7-8-17)43(33-20-11-25(33)40-15-20)34(22)23-10-18(4-3-9-39)29(31(38)32(23)41-16)21-5-2-6-24(36)30(21)37/h2,5-6,10,13-14,17,20,25-27,33,40H,3-4,7-8,11-12,15H2,1H3/t20-,25-,26-,27-,33+/m1/s1. The van der Waals surface area contributed by atoms with Crippen molar-refractivity contribution in [1.29, 1.82) is 5.26 Å². The number of carbonyl (C=O) groups is 1. The van der Waals surface area contributed by atoms with E-state index in [1.54, 1.807) is 18.2 Å². The van der Waals surface area contributed by atoms with E-state index >= 15 is 4.39 Å². The molecule has 2 aromatic heterocycles. The van der Waals surface area contributed by atoms with Gasteiger partial charge in [-0.2, -0.15) is 5.26 Å². The number of aromatic nitrogens is 2. The van der Waals surface area contributed by atoms with E-state index in [0.29, 0.717) is 40.1 Å². The molecule has 3 aliphatic heterocycles. The average Bonchev–Trinajstić information content (AvgIpc) is 3.78. The van der Waals surface area contributed by atoms with Gasteiger partial charge in [-0.25, -0.2) is 9.37 Å². The van der Waals surface area contributed by atoms with Crippen LogP contribution in [-0.4, -0.2) is 39.0 Å². The predicted molar refractivity (Wildman–Crippen MR) is 169 cm³/mol. The van der Waals surface area contributed by atoms with Gasteiger partial charge in [0.15, 0.2) is 5.82 Å². The van der Waals surface area contributed by atoms with Crippen LogP contribution in [0.2, 0.25) is 10.0 Å². The highest BCUT2D eigenvalue weighted by Crippen LogP contribution is 2.54. The Morgan fingerprint density at radius 2 is 2.07 bits per heavy atom. The number of hydrogen-bond acceptors (Lipinski definition) is 4. The molecule has 2 aromatic carbocycles. The molecular formula is C35H30Cl2FN5O. The Hall–Kier alpha value is -3.44. The lowest BCUT2D eigenvalue weighted by Gasteiger charge is -2.39. The van der Waals surface area contributed by atoms with Crippen molar-refractivity contribution in [3.63, 3.8) is 0 Å². The number of hydrogen-bond donors (Lipinski definition) is 1. The molecule has 5 fully saturated rings. The van der Waals surface area contributed by atoms with E-state index < -0.39 is 5.82 Å². The van der Waals surface area contributed by atoms with Crippen molar-refractivity contribution in [2.24, 2.45) is 11.8 Å². The minimum absolute atomic E-state index is 0.133. The smallest absolute Gasteiger partial charge is 0.227 e. The molecule has 6 aliphatic rings. The summed E-state index contributed by atoms with van der Waals surface area (Å²) in [6.45, 7) is 2.89. The maximum atomic E-state index is 17.0. The average molecular weight is 627 g/mol. The third-order valence-corrected chi connectivity index (χ3v) is 11.4. The SMILES string of the molecule is Cc1nc2c(F)c(-c3cccc(Cl)c3Cl)c(CCC#N)cc2c2c1cc([C@H]1C=C3C[C@H]3N1C(=O)C1CC1)n2[C@H]1[C@H]2CN[C@@H]1C2. The highest BCUT2D eigenvalue weighted by Gasteiger charge is 2.54. The highest BCUT2D eigenvalue weighted by atomic mass is 35.5. The Kier molecular flexibility index (Phi) is 5.83. The predicted octanol–water partition coefficient (Wildman–Crippen LogP) is 7.59. The van der Waals surface area contributed by atoms with Gasteiger partial charge in [-0.1, -0.05) is 41.4 Å². The van der Waals surface area contributed by atoms with Crippen molar-refractivity contribution >= 4 is 50.9 Å². The molecule has 5 atom stereocenters. The van der Waals surface area contributed by atoms with Gasteiger partial charge in [0.25, 0.3) is 0 Å². The third kappa shape index (κ3) is 3.74. The molecule has 0 unspecified atom stereocenters.